The molecule has 1 aromatic carbocycles. The fraction of sp³-hybridized carbons (Fsp3) is 0.462. The third-order valence-electron chi connectivity index (χ3n) is 2.29. The van der Waals surface area contributed by atoms with Gasteiger partial charge >= 0.3 is 5.97 Å². The molecule has 0 spiro atoms. The van der Waals surface area contributed by atoms with Gasteiger partial charge in [0.1, 0.15) is 5.75 Å². The maximum absolute atomic E-state index is 10.8. The average Bonchev–Trinajstić information content (AvgIpc) is 2.18. The van der Waals surface area contributed by atoms with Crippen LogP contribution >= 0.6 is 22.6 Å². The highest BCUT2D eigenvalue weighted by atomic mass is 127. The predicted octanol–water partition coefficient (Wildman–Crippen LogP) is 3.80. The van der Waals surface area contributed by atoms with Crippen LogP contribution < -0.4 is 4.74 Å². The Morgan fingerprint density at radius 1 is 1.41 bits per heavy atom. The molecule has 0 saturated carbocycles. The third kappa shape index (κ3) is 4.93. The molecule has 0 heterocycles. The van der Waals surface area contributed by atoms with Gasteiger partial charge in [-0.1, -0.05) is 20.8 Å². The van der Waals surface area contributed by atoms with E-state index in [4.69, 9.17) is 9.84 Å². The van der Waals surface area contributed by atoms with Gasteiger partial charge in [-0.25, -0.2) is 4.79 Å². The van der Waals surface area contributed by atoms with Crippen molar-refractivity contribution in [1.29, 1.82) is 0 Å². The normalized spacial score (nSPS) is 11.3. The van der Waals surface area contributed by atoms with Gasteiger partial charge in [-0.15, -0.1) is 0 Å². The number of rotatable bonds is 4. The first-order chi connectivity index (χ1) is 7.79. The standard InChI is InChI=1S/C13H17IO3/c1-13(2,3)6-7-17-11-8-9(12(15)16)4-5-10(11)14/h4-5,8H,6-7H2,1-3H3,(H,15,16). The second kappa shape index (κ2) is 5.71. The fourth-order valence-electron chi connectivity index (χ4n) is 1.21. The van der Waals surface area contributed by atoms with Crippen molar-refractivity contribution in [3.8, 4) is 5.75 Å². The zero-order chi connectivity index (χ0) is 13.1. The van der Waals surface area contributed by atoms with Crippen molar-refractivity contribution < 1.29 is 14.6 Å². The van der Waals surface area contributed by atoms with Gasteiger partial charge in [0.05, 0.1) is 15.7 Å². The predicted molar refractivity (Wildman–Crippen MR) is 75.7 cm³/mol. The summed E-state index contributed by atoms with van der Waals surface area (Å²) >= 11 is 2.14. The monoisotopic (exact) mass is 348 g/mol. The first-order valence-electron chi connectivity index (χ1n) is 5.45. The second-order valence-corrected chi connectivity index (χ2v) is 6.27. The number of benzene rings is 1. The van der Waals surface area contributed by atoms with E-state index in [0.717, 1.165) is 9.99 Å². The lowest BCUT2D eigenvalue weighted by atomic mass is 9.93. The molecule has 0 atom stereocenters. The van der Waals surface area contributed by atoms with Crippen LogP contribution in [0.25, 0.3) is 0 Å². The number of aromatic carboxylic acids is 1. The summed E-state index contributed by atoms with van der Waals surface area (Å²) in [5.74, 6) is -0.281. The maximum atomic E-state index is 10.8. The van der Waals surface area contributed by atoms with Crippen LogP contribution in [0.3, 0.4) is 0 Å². The molecular formula is C13H17IO3. The van der Waals surface area contributed by atoms with Crippen molar-refractivity contribution in [3.63, 3.8) is 0 Å². The third-order valence-corrected chi connectivity index (χ3v) is 3.18. The van der Waals surface area contributed by atoms with Crippen LogP contribution in [0.15, 0.2) is 18.2 Å². The van der Waals surface area contributed by atoms with Crippen molar-refractivity contribution >= 4 is 28.6 Å². The summed E-state index contributed by atoms with van der Waals surface area (Å²) in [7, 11) is 0. The van der Waals surface area contributed by atoms with Crippen LogP contribution in [0.5, 0.6) is 5.75 Å². The maximum Gasteiger partial charge on any atom is 0.335 e. The molecule has 0 aliphatic carbocycles. The summed E-state index contributed by atoms with van der Waals surface area (Å²) in [6.07, 6.45) is 0.931. The number of hydrogen-bond acceptors (Lipinski definition) is 2. The van der Waals surface area contributed by atoms with Gasteiger partial charge in [-0.3, -0.25) is 0 Å². The van der Waals surface area contributed by atoms with Crippen LogP contribution in [0.1, 0.15) is 37.6 Å². The van der Waals surface area contributed by atoms with E-state index >= 15 is 0 Å². The minimum absolute atomic E-state index is 0.218. The molecule has 1 rings (SSSR count). The Hall–Kier alpha value is -0.780. The topological polar surface area (TPSA) is 46.5 Å². The molecule has 0 saturated heterocycles. The van der Waals surface area contributed by atoms with Crippen molar-refractivity contribution in [2.45, 2.75) is 27.2 Å². The molecule has 0 unspecified atom stereocenters. The van der Waals surface area contributed by atoms with Gasteiger partial charge in [-0.2, -0.15) is 0 Å². The van der Waals surface area contributed by atoms with E-state index in [9.17, 15) is 4.79 Å². The highest BCUT2D eigenvalue weighted by Gasteiger charge is 2.12. The summed E-state index contributed by atoms with van der Waals surface area (Å²) < 4.78 is 6.56. The Morgan fingerprint density at radius 2 is 2.06 bits per heavy atom. The van der Waals surface area contributed by atoms with Gasteiger partial charge in [0.15, 0.2) is 0 Å². The molecular weight excluding hydrogens is 331 g/mol. The molecule has 17 heavy (non-hydrogen) atoms. The summed E-state index contributed by atoms with van der Waals surface area (Å²) in [5.41, 5.74) is 0.478. The number of ether oxygens (including phenoxy) is 1. The Labute approximate surface area is 115 Å². The zero-order valence-corrected chi connectivity index (χ0v) is 12.4. The van der Waals surface area contributed by atoms with Crippen LogP contribution in [-0.4, -0.2) is 17.7 Å². The molecule has 0 aliphatic heterocycles. The van der Waals surface area contributed by atoms with E-state index in [2.05, 4.69) is 43.4 Å². The number of carboxylic acid groups (broad SMARTS) is 1. The van der Waals surface area contributed by atoms with E-state index in [1.165, 1.54) is 0 Å². The molecule has 0 bridgehead atoms. The lowest BCUT2D eigenvalue weighted by molar-refractivity contribution is 0.0696. The quantitative estimate of drug-likeness (QED) is 0.842. The minimum atomic E-state index is -0.929. The van der Waals surface area contributed by atoms with Crippen molar-refractivity contribution in [2.75, 3.05) is 6.61 Å². The Bertz CT molecular complexity index is 408. The Morgan fingerprint density at radius 3 is 2.59 bits per heavy atom. The fourth-order valence-corrected chi connectivity index (χ4v) is 1.71. The molecule has 4 heteroatoms. The number of halogens is 1. The second-order valence-electron chi connectivity index (χ2n) is 5.11. The molecule has 0 radical (unpaired) electrons. The molecule has 1 N–H and O–H groups in total. The van der Waals surface area contributed by atoms with Gasteiger partial charge in [0.2, 0.25) is 0 Å². The lowest BCUT2D eigenvalue weighted by Gasteiger charge is -2.18. The highest BCUT2D eigenvalue weighted by molar-refractivity contribution is 14.1. The van der Waals surface area contributed by atoms with Crippen molar-refractivity contribution in [2.24, 2.45) is 5.41 Å². The molecule has 1 aromatic rings. The summed E-state index contributed by atoms with van der Waals surface area (Å²) in [6, 6.07) is 4.92. The lowest BCUT2D eigenvalue weighted by Crippen LogP contribution is -2.11. The minimum Gasteiger partial charge on any atom is -0.492 e. The molecule has 94 valence electrons. The highest BCUT2D eigenvalue weighted by Crippen LogP contribution is 2.24. The van der Waals surface area contributed by atoms with Crippen molar-refractivity contribution in [3.05, 3.63) is 27.3 Å². The summed E-state index contributed by atoms with van der Waals surface area (Å²) in [6.45, 7) is 7.04. The molecule has 0 aromatic heterocycles. The Kier molecular flexibility index (Phi) is 4.80. The van der Waals surface area contributed by atoms with Crippen LogP contribution in [-0.2, 0) is 0 Å². The van der Waals surface area contributed by atoms with Crippen LogP contribution in [0.4, 0.5) is 0 Å². The number of carbonyl (C=O) groups is 1. The van der Waals surface area contributed by atoms with E-state index in [-0.39, 0.29) is 11.0 Å². The van der Waals surface area contributed by atoms with Gasteiger partial charge in [-0.05, 0) is 52.6 Å². The van der Waals surface area contributed by atoms with Crippen LogP contribution in [0.2, 0.25) is 0 Å². The number of carboxylic acids is 1. The van der Waals surface area contributed by atoms with Gasteiger partial charge in [0.25, 0.3) is 0 Å². The molecule has 0 aliphatic rings. The van der Waals surface area contributed by atoms with Gasteiger partial charge < -0.3 is 9.84 Å². The molecule has 0 amide bonds. The first-order valence-corrected chi connectivity index (χ1v) is 6.53. The first kappa shape index (κ1) is 14.3. The van der Waals surface area contributed by atoms with Crippen LogP contribution in [0, 0.1) is 8.99 Å². The van der Waals surface area contributed by atoms with Crippen molar-refractivity contribution in [1.82, 2.24) is 0 Å². The van der Waals surface area contributed by atoms with E-state index < -0.39 is 5.97 Å². The van der Waals surface area contributed by atoms with E-state index in [1.54, 1.807) is 18.2 Å². The van der Waals surface area contributed by atoms with E-state index in [1.807, 2.05) is 0 Å². The molecule has 3 nitrogen and oxygen atoms in total. The SMILES string of the molecule is CC(C)(C)CCOc1cc(C(=O)O)ccc1I. The average molecular weight is 348 g/mol. The Balaban J connectivity index is 2.70. The number of hydrogen-bond donors (Lipinski definition) is 1. The summed E-state index contributed by atoms with van der Waals surface area (Å²) in [5, 5.41) is 8.90. The largest absolute Gasteiger partial charge is 0.492 e. The zero-order valence-electron chi connectivity index (χ0n) is 10.3. The van der Waals surface area contributed by atoms with Gasteiger partial charge in [0, 0.05) is 0 Å². The smallest absolute Gasteiger partial charge is 0.335 e. The molecule has 0 fully saturated rings. The van der Waals surface area contributed by atoms with E-state index in [0.29, 0.717) is 12.4 Å². The summed E-state index contributed by atoms with van der Waals surface area (Å²) in [4.78, 5) is 10.8.